The van der Waals surface area contributed by atoms with E-state index in [0.29, 0.717) is 5.69 Å². The topological polar surface area (TPSA) is 87.3 Å². The molecule has 3 aromatic rings. The lowest BCUT2D eigenvalue weighted by molar-refractivity contribution is -0.384. The molecule has 0 fully saturated rings. The third-order valence-corrected chi connectivity index (χ3v) is 4.24. The number of ether oxygens (including phenoxy) is 1. The third kappa shape index (κ3) is 4.84. The lowest BCUT2D eigenvalue weighted by Gasteiger charge is -2.14. The zero-order valence-electron chi connectivity index (χ0n) is 16.3. The molecule has 0 saturated heterocycles. The van der Waals surface area contributed by atoms with Crippen molar-refractivity contribution in [3.05, 3.63) is 87.5 Å². The number of carbonyl (C=O) groups is 1. The van der Waals surface area contributed by atoms with E-state index in [1.807, 2.05) is 20.8 Å². The van der Waals surface area contributed by atoms with Crippen molar-refractivity contribution in [2.45, 2.75) is 32.7 Å². The lowest BCUT2D eigenvalue weighted by Crippen LogP contribution is -2.16. The van der Waals surface area contributed by atoms with Crippen molar-refractivity contribution in [2.24, 2.45) is 0 Å². The molecular weight excluding hydrogens is 377 g/mol. The van der Waals surface area contributed by atoms with Crippen molar-refractivity contribution in [3.8, 4) is 5.75 Å². The highest BCUT2D eigenvalue weighted by atomic mass is 19.1. The van der Waals surface area contributed by atoms with E-state index in [-0.39, 0.29) is 34.9 Å². The Morgan fingerprint density at radius 3 is 2.48 bits per heavy atom. The maximum atomic E-state index is 13.2. The van der Waals surface area contributed by atoms with Gasteiger partial charge in [0.1, 0.15) is 17.3 Å². The van der Waals surface area contributed by atoms with Gasteiger partial charge in [-0.2, -0.15) is 5.10 Å². The van der Waals surface area contributed by atoms with E-state index in [2.05, 4.69) is 5.10 Å². The zero-order valence-corrected chi connectivity index (χ0v) is 16.3. The number of aromatic nitrogens is 2. The fraction of sp³-hybridized carbons (Fsp3) is 0.238. The standard InChI is InChI=1S/C21H20FN3O4/c1-21(2,3)19-12-18(24(23-19)13-14-7-9-15(22)10-8-14)20(26)29-17-6-4-5-16(11-17)25(27)28/h4-12H,13H2,1-3H3. The first-order valence-electron chi connectivity index (χ1n) is 8.93. The van der Waals surface area contributed by atoms with Crippen molar-refractivity contribution < 1.29 is 18.8 Å². The normalized spacial score (nSPS) is 11.3. The minimum absolute atomic E-state index is 0.0658. The molecule has 0 aliphatic rings. The fourth-order valence-electron chi connectivity index (χ4n) is 2.65. The monoisotopic (exact) mass is 397 g/mol. The number of benzene rings is 2. The average Bonchev–Trinajstić information content (AvgIpc) is 3.08. The molecule has 0 N–H and O–H groups in total. The van der Waals surface area contributed by atoms with Crippen molar-refractivity contribution in [1.82, 2.24) is 9.78 Å². The molecule has 1 aromatic heterocycles. The molecule has 0 unspecified atom stereocenters. The molecule has 0 bridgehead atoms. The predicted octanol–water partition coefficient (Wildman–Crippen LogP) is 4.50. The summed E-state index contributed by atoms with van der Waals surface area (Å²) >= 11 is 0. The molecule has 3 rings (SSSR count). The summed E-state index contributed by atoms with van der Waals surface area (Å²) < 4.78 is 20.0. The van der Waals surface area contributed by atoms with E-state index in [4.69, 9.17) is 4.74 Å². The number of rotatable bonds is 5. The van der Waals surface area contributed by atoms with Crippen molar-refractivity contribution in [2.75, 3.05) is 0 Å². The van der Waals surface area contributed by atoms with Crippen LogP contribution in [0.15, 0.2) is 54.6 Å². The first-order valence-corrected chi connectivity index (χ1v) is 8.93. The number of non-ortho nitro benzene ring substituents is 1. The van der Waals surface area contributed by atoms with Crippen LogP contribution in [0.4, 0.5) is 10.1 Å². The van der Waals surface area contributed by atoms with Gasteiger partial charge in [-0.1, -0.05) is 39.0 Å². The second-order valence-electron chi connectivity index (χ2n) is 7.59. The summed E-state index contributed by atoms with van der Waals surface area (Å²) in [5, 5.41) is 15.4. The Balaban J connectivity index is 1.92. The maximum absolute atomic E-state index is 13.2. The van der Waals surface area contributed by atoms with Crippen LogP contribution in [-0.2, 0) is 12.0 Å². The van der Waals surface area contributed by atoms with E-state index in [1.54, 1.807) is 18.2 Å². The van der Waals surface area contributed by atoms with Crippen LogP contribution in [0, 0.1) is 15.9 Å². The van der Waals surface area contributed by atoms with Gasteiger partial charge in [-0.3, -0.25) is 14.8 Å². The van der Waals surface area contributed by atoms with Crippen LogP contribution >= 0.6 is 0 Å². The Morgan fingerprint density at radius 2 is 1.86 bits per heavy atom. The Labute approximate surface area is 166 Å². The van der Waals surface area contributed by atoms with Gasteiger partial charge in [0.15, 0.2) is 0 Å². The number of halogens is 1. The summed E-state index contributed by atoms with van der Waals surface area (Å²) in [5.41, 5.74) is 1.16. The van der Waals surface area contributed by atoms with Crippen molar-refractivity contribution in [1.29, 1.82) is 0 Å². The molecule has 0 amide bonds. The summed E-state index contributed by atoms with van der Waals surface area (Å²) in [6.07, 6.45) is 0. The van der Waals surface area contributed by atoms with Gasteiger partial charge in [-0.05, 0) is 29.8 Å². The molecule has 0 aliphatic heterocycles. The summed E-state index contributed by atoms with van der Waals surface area (Å²) in [4.78, 5) is 23.2. The maximum Gasteiger partial charge on any atom is 0.362 e. The molecule has 0 saturated carbocycles. The minimum atomic E-state index is -0.685. The molecule has 7 nitrogen and oxygen atoms in total. The molecule has 0 aliphatic carbocycles. The van der Waals surface area contributed by atoms with Gasteiger partial charge in [0, 0.05) is 11.5 Å². The van der Waals surface area contributed by atoms with Crippen molar-refractivity contribution in [3.63, 3.8) is 0 Å². The van der Waals surface area contributed by atoms with Crippen LogP contribution in [0.5, 0.6) is 5.75 Å². The number of carbonyl (C=O) groups excluding carboxylic acids is 1. The molecular formula is C21H20FN3O4. The summed E-state index contributed by atoms with van der Waals surface area (Å²) in [7, 11) is 0. The van der Waals surface area contributed by atoms with Crippen LogP contribution in [-0.4, -0.2) is 20.7 Å². The molecule has 2 aromatic carbocycles. The van der Waals surface area contributed by atoms with Crippen molar-refractivity contribution >= 4 is 11.7 Å². The van der Waals surface area contributed by atoms with Crippen LogP contribution in [0.2, 0.25) is 0 Å². The predicted molar refractivity (Wildman–Crippen MR) is 104 cm³/mol. The summed E-state index contributed by atoms with van der Waals surface area (Å²) in [6, 6.07) is 13.0. The summed E-state index contributed by atoms with van der Waals surface area (Å²) in [6.45, 7) is 6.14. The Bertz CT molecular complexity index is 1050. The minimum Gasteiger partial charge on any atom is -0.422 e. The van der Waals surface area contributed by atoms with Gasteiger partial charge in [0.05, 0.1) is 23.2 Å². The molecule has 0 radical (unpaired) electrons. The van der Waals surface area contributed by atoms with E-state index in [1.165, 1.54) is 41.1 Å². The molecule has 150 valence electrons. The highest BCUT2D eigenvalue weighted by Crippen LogP contribution is 2.24. The van der Waals surface area contributed by atoms with Crippen LogP contribution in [0.3, 0.4) is 0 Å². The quantitative estimate of drug-likeness (QED) is 0.274. The van der Waals surface area contributed by atoms with Gasteiger partial charge in [0.2, 0.25) is 0 Å². The first kappa shape index (κ1) is 20.2. The number of nitro groups is 1. The molecule has 1 heterocycles. The highest BCUT2D eigenvalue weighted by molar-refractivity contribution is 5.89. The second-order valence-corrected chi connectivity index (χ2v) is 7.59. The fourth-order valence-corrected chi connectivity index (χ4v) is 2.65. The van der Waals surface area contributed by atoms with Gasteiger partial charge >= 0.3 is 5.97 Å². The Hall–Kier alpha value is -3.55. The number of esters is 1. The zero-order chi connectivity index (χ0) is 21.2. The number of hydrogen-bond acceptors (Lipinski definition) is 5. The third-order valence-electron chi connectivity index (χ3n) is 4.24. The smallest absolute Gasteiger partial charge is 0.362 e. The van der Waals surface area contributed by atoms with Crippen LogP contribution in [0.25, 0.3) is 0 Å². The van der Waals surface area contributed by atoms with Crippen LogP contribution < -0.4 is 4.74 Å². The SMILES string of the molecule is CC(C)(C)c1cc(C(=O)Oc2cccc([N+](=O)[O-])c2)n(Cc2ccc(F)cc2)n1. The van der Waals surface area contributed by atoms with Gasteiger partial charge in [-0.25, -0.2) is 9.18 Å². The van der Waals surface area contributed by atoms with E-state index >= 15 is 0 Å². The number of hydrogen-bond donors (Lipinski definition) is 0. The lowest BCUT2D eigenvalue weighted by atomic mass is 9.92. The van der Waals surface area contributed by atoms with Gasteiger partial charge < -0.3 is 4.74 Å². The van der Waals surface area contributed by atoms with Gasteiger partial charge in [0.25, 0.3) is 5.69 Å². The molecule has 0 atom stereocenters. The Kier molecular flexibility index (Phi) is 5.45. The van der Waals surface area contributed by atoms with Gasteiger partial charge in [-0.15, -0.1) is 0 Å². The number of nitro benzene ring substituents is 1. The molecule has 8 heteroatoms. The highest BCUT2D eigenvalue weighted by Gasteiger charge is 2.24. The second kappa shape index (κ2) is 7.83. The molecule has 29 heavy (non-hydrogen) atoms. The summed E-state index contributed by atoms with van der Waals surface area (Å²) in [5.74, 6) is -0.971. The van der Waals surface area contributed by atoms with Crippen LogP contribution in [0.1, 0.15) is 42.5 Å². The molecule has 0 spiro atoms. The largest absolute Gasteiger partial charge is 0.422 e. The van der Waals surface area contributed by atoms with E-state index in [0.717, 1.165) is 5.56 Å². The van der Waals surface area contributed by atoms with E-state index in [9.17, 15) is 19.3 Å². The first-order chi connectivity index (χ1) is 13.6. The average molecular weight is 397 g/mol. The number of nitrogens with zero attached hydrogens (tertiary/aromatic N) is 3. The Morgan fingerprint density at radius 1 is 1.17 bits per heavy atom. The van der Waals surface area contributed by atoms with E-state index < -0.39 is 10.9 Å².